The minimum atomic E-state index is 0.0146. The van der Waals surface area contributed by atoms with E-state index in [4.69, 9.17) is 26.1 Å². The molecule has 0 radical (unpaired) electrons. The zero-order valence-electron chi connectivity index (χ0n) is 20.0. The van der Waals surface area contributed by atoms with Gasteiger partial charge in [-0.05, 0) is 48.9 Å². The van der Waals surface area contributed by atoms with Crippen molar-refractivity contribution in [2.24, 2.45) is 0 Å². The molecule has 182 valence electrons. The Labute approximate surface area is 215 Å². The van der Waals surface area contributed by atoms with Crippen molar-refractivity contribution in [3.63, 3.8) is 0 Å². The SMILES string of the molecule is Cc1ccc(-c2cc(C(=O)N3CCN(Cc4ccc5c(c4)OCO5)CC3)c3cc(Cl)ccc3n2)cc1. The van der Waals surface area contributed by atoms with Gasteiger partial charge in [0.2, 0.25) is 6.79 Å². The minimum absolute atomic E-state index is 0.0146. The number of amides is 1. The van der Waals surface area contributed by atoms with Crippen LogP contribution in [0.15, 0.2) is 66.7 Å². The van der Waals surface area contributed by atoms with Gasteiger partial charge in [-0.3, -0.25) is 9.69 Å². The van der Waals surface area contributed by atoms with Crippen LogP contribution in [0.1, 0.15) is 21.5 Å². The summed E-state index contributed by atoms with van der Waals surface area (Å²) in [6.45, 7) is 6.07. The smallest absolute Gasteiger partial charge is 0.254 e. The topological polar surface area (TPSA) is 54.9 Å². The van der Waals surface area contributed by atoms with Gasteiger partial charge in [-0.15, -0.1) is 0 Å². The number of pyridine rings is 1. The lowest BCUT2D eigenvalue weighted by molar-refractivity contribution is 0.0630. The summed E-state index contributed by atoms with van der Waals surface area (Å²) < 4.78 is 10.9. The molecule has 0 unspecified atom stereocenters. The summed E-state index contributed by atoms with van der Waals surface area (Å²) in [6, 6.07) is 21.7. The second kappa shape index (κ2) is 9.45. The maximum absolute atomic E-state index is 13.8. The van der Waals surface area contributed by atoms with Crippen LogP contribution in [0.5, 0.6) is 11.5 Å². The van der Waals surface area contributed by atoms with E-state index in [1.807, 2.05) is 53.4 Å². The molecule has 6 nitrogen and oxygen atoms in total. The normalized spacial score (nSPS) is 15.4. The molecule has 3 aromatic carbocycles. The monoisotopic (exact) mass is 499 g/mol. The third kappa shape index (κ3) is 4.50. The molecule has 7 heteroatoms. The quantitative estimate of drug-likeness (QED) is 0.368. The standard InChI is InChI=1S/C29H26ClN3O3/c1-19-2-5-21(6-3-19)26-16-24(23-15-22(30)7-8-25(23)31-26)29(34)33-12-10-32(11-13-33)17-20-4-9-27-28(14-20)36-18-35-27/h2-9,14-16H,10-13,17-18H2,1H3. The van der Waals surface area contributed by atoms with Crippen molar-refractivity contribution in [1.29, 1.82) is 0 Å². The van der Waals surface area contributed by atoms with Gasteiger partial charge in [-0.1, -0.05) is 47.5 Å². The van der Waals surface area contributed by atoms with Crippen LogP contribution in [-0.2, 0) is 6.54 Å². The predicted molar refractivity (Wildman–Crippen MR) is 141 cm³/mol. The molecule has 1 aromatic heterocycles. The van der Waals surface area contributed by atoms with Crippen molar-refractivity contribution in [2.45, 2.75) is 13.5 Å². The maximum atomic E-state index is 13.8. The molecule has 0 saturated carbocycles. The molecular weight excluding hydrogens is 474 g/mol. The summed E-state index contributed by atoms with van der Waals surface area (Å²) in [7, 11) is 0. The van der Waals surface area contributed by atoms with E-state index in [1.165, 1.54) is 11.1 Å². The lowest BCUT2D eigenvalue weighted by Gasteiger charge is -2.35. The zero-order chi connectivity index (χ0) is 24.6. The van der Waals surface area contributed by atoms with Gasteiger partial charge in [0, 0.05) is 48.7 Å². The Bertz CT molecular complexity index is 1450. The van der Waals surface area contributed by atoms with Crippen molar-refractivity contribution in [1.82, 2.24) is 14.8 Å². The summed E-state index contributed by atoms with van der Waals surface area (Å²) in [5.74, 6) is 1.61. The fourth-order valence-corrected chi connectivity index (χ4v) is 5.00. The summed E-state index contributed by atoms with van der Waals surface area (Å²) in [4.78, 5) is 22.9. The number of benzene rings is 3. The number of carbonyl (C=O) groups excluding carboxylic acids is 1. The summed E-state index contributed by atoms with van der Waals surface area (Å²) in [5.41, 5.74) is 5.54. The predicted octanol–water partition coefficient (Wildman–Crippen LogP) is 5.55. The zero-order valence-corrected chi connectivity index (χ0v) is 20.8. The van der Waals surface area contributed by atoms with Crippen LogP contribution in [0.2, 0.25) is 5.02 Å². The summed E-state index contributed by atoms with van der Waals surface area (Å²) >= 11 is 6.31. The average Bonchev–Trinajstić information content (AvgIpc) is 3.37. The Hall–Kier alpha value is -3.61. The van der Waals surface area contributed by atoms with Gasteiger partial charge >= 0.3 is 0 Å². The highest BCUT2D eigenvalue weighted by Gasteiger charge is 2.25. The molecule has 1 saturated heterocycles. The number of rotatable bonds is 4. The van der Waals surface area contributed by atoms with E-state index in [1.54, 1.807) is 0 Å². The van der Waals surface area contributed by atoms with E-state index in [9.17, 15) is 4.79 Å². The second-order valence-corrected chi connectivity index (χ2v) is 9.77. The highest BCUT2D eigenvalue weighted by atomic mass is 35.5. The Kier molecular flexibility index (Phi) is 5.99. The molecule has 4 aromatic rings. The van der Waals surface area contributed by atoms with Crippen LogP contribution >= 0.6 is 11.6 Å². The molecule has 0 N–H and O–H groups in total. The lowest BCUT2D eigenvalue weighted by atomic mass is 10.0. The maximum Gasteiger partial charge on any atom is 0.254 e. The van der Waals surface area contributed by atoms with Gasteiger partial charge in [0.05, 0.1) is 16.8 Å². The summed E-state index contributed by atoms with van der Waals surface area (Å²) in [5, 5.41) is 1.38. The molecule has 0 bridgehead atoms. The summed E-state index contributed by atoms with van der Waals surface area (Å²) in [6.07, 6.45) is 0. The molecule has 6 rings (SSSR count). The Morgan fingerprint density at radius 1 is 0.917 bits per heavy atom. The van der Waals surface area contributed by atoms with Gasteiger partial charge in [0.1, 0.15) is 0 Å². The van der Waals surface area contributed by atoms with E-state index in [0.717, 1.165) is 53.3 Å². The van der Waals surface area contributed by atoms with Crippen molar-refractivity contribution < 1.29 is 14.3 Å². The highest BCUT2D eigenvalue weighted by molar-refractivity contribution is 6.31. The van der Waals surface area contributed by atoms with Crippen LogP contribution in [0, 0.1) is 6.92 Å². The highest BCUT2D eigenvalue weighted by Crippen LogP contribution is 2.33. The van der Waals surface area contributed by atoms with Gasteiger partial charge in [0.25, 0.3) is 5.91 Å². The van der Waals surface area contributed by atoms with Crippen molar-refractivity contribution in [2.75, 3.05) is 33.0 Å². The molecule has 1 amide bonds. The van der Waals surface area contributed by atoms with Gasteiger partial charge < -0.3 is 14.4 Å². The van der Waals surface area contributed by atoms with Gasteiger partial charge in [-0.2, -0.15) is 0 Å². The molecule has 3 heterocycles. The van der Waals surface area contributed by atoms with Crippen molar-refractivity contribution in [3.05, 3.63) is 88.4 Å². The van der Waals surface area contributed by atoms with E-state index >= 15 is 0 Å². The molecular formula is C29H26ClN3O3. The van der Waals surface area contributed by atoms with Crippen LogP contribution in [0.3, 0.4) is 0 Å². The fraction of sp³-hybridized carbons (Fsp3) is 0.241. The van der Waals surface area contributed by atoms with Crippen LogP contribution in [-0.4, -0.2) is 53.7 Å². The number of carbonyl (C=O) groups is 1. The Balaban J connectivity index is 1.22. The number of hydrogen-bond donors (Lipinski definition) is 0. The van der Waals surface area contributed by atoms with E-state index < -0.39 is 0 Å². The van der Waals surface area contributed by atoms with Gasteiger partial charge in [-0.25, -0.2) is 4.98 Å². The second-order valence-electron chi connectivity index (χ2n) is 9.34. The van der Waals surface area contributed by atoms with Crippen LogP contribution < -0.4 is 9.47 Å². The Morgan fingerprint density at radius 2 is 1.69 bits per heavy atom. The lowest BCUT2D eigenvalue weighted by Crippen LogP contribution is -2.48. The molecule has 2 aliphatic rings. The molecule has 0 aliphatic carbocycles. The number of aromatic nitrogens is 1. The fourth-order valence-electron chi connectivity index (χ4n) is 4.82. The van der Waals surface area contributed by atoms with Crippen molar-refractivity contribution >= 4 is 28.4 Å². The molecule has 0 atom stereocenters. The first-order valence-electron chi connectivity index (χ1n) is 12.1. The largest absolute Gasteiger partial charge is 0.454 e. The molecule has 36 heavy (non-hydrogen) atoms. The van der Waals surface area contributed by atoms with Crippen LogP contribution in [0.25, 0.3) is 22.2 Å². The first-order chi connectivity index (χ1) is 17.5. The third-order valence-electron chi connectivity index (χ3n) is 6.85. The van der Waals surface area contributed by atoms with Gasteiger partial charge in [0.15, 0.2) is 11.5 Å². The number of hydrogen-bond acceptors (Lipinski definition) is 5. The molecule has 1 fully saturated rings. The minimum Gasteiger partial charge on any atom is -0.454 e. The first-order valence-corrected chi connectivity index (χ1v) is 12.5. The number of ether oxygens (including phenoxy) is 2. The van der Waals surface area contributed by atoms with E-state index in [-0.39, 0.29) is 12.7 Å². The number of nitrogens with zero attached hydrogens (tertiary/aromatic N) is 3. The average molecular weight is 500 g/mol. The van der Waals surface area contributed by atoms with E-state index in [0.29, 0.717) is 23.7 Å². The van der Waals surface area contributed by atoms with E-state index in [2.05, 4.69) is 30.0 Å². The first kappa shape index (κ1) is 22.8. The van der Waals surface area contributed by atoms with Crippen molar-refractivity contribution in [3.8, 4) is 22.8 Å². The Morgan fingerprint density at radius 3 is 2.50 bits per heavy atom. The van der Waals surface area contributed by atoms with Crippen LogP contribution in [0.4, 0.5) is 0 Å². The third-order valence-corrected chi connectivity index (χ3v) is 7.09. The molecule has 0 spiro atoms. The number of halogens is 1. The molecule has 2 aliphatic heterocycles. The number of piperazine rings is 1. The number of aryl methyl sites for hydroxylation is 1. The number of fused-ring (bicyclic) bond motifs is 2.